The minimum absolute atomic E-state index is 0.0916. The van der Waals surface area contributed by atoms with Crippen molar-refractivity contribution in [3.8, 4) is 11.5 Å². The largest absolute Gasteiger partial charge is 0.496 e. The van der Waals surface area contributed by atoms with E-state index < -0.39 is 5.60 Å². The second-order valence-corrected chi connectivity index (χ2v) is 13.3. The Morgan fingerprint density at radius 1 is 0.686 bits per heavy atom. The van der Waals surface area contributed by atoms with Crippen LogP contribution in [-0.2, 0) is 12.1 Å². The summed E-state index contributed by atoms with van der Waals surface area (Å²) in [5.41, 5.74) is 5.76. The molecule has 3 atom stereocenters. The fourth-order valence-electron chi connectivity index (χ4n) is 7.89. The second kappa shape index (κ2) is 16.2. The normalized spacial score (nSPS) is 17.4. The van der Waals surface area contributed by atoms with Crippen LogP contribution >= 0.6 is 0 Å². The molecule has 0 radical (unpaired) electrons. The van der Waals surface area contributed by atoms with Gasteiger partial charge in [-0.05, 0) is 48.2 Å². The quantitative estimate of drug-likeness (QED) is 0.102. The lowest BCUT2D eigenvalue weighted by molar-refractivity contribution is 0.155. The van der Waals surface area contributed by atoms with Gasteiger partial charge in [-0.15, -0.1) is 0 Å². The zero-order valence-electron chi connectivity index (χ0n) is 29.1. The van der Waals surface area contributed by atoms with E-state index in [0.717, 1.165) is 40.3 Å². The van der Waals surface area contributed by atoms with E-state index in [1.165, 1.54) is 11.1 Å². The molecule has 3 unspecified atom stereocenters. The van der Waals surface area contributed by atoms with Crippen LogP contribution in [0.25, 0.3) is 0 Å². The Kier molecular flexibility index (Phi) is 10.9. The maximum Gasteiger partial charge on any atom is 0.184 e. The van der Waals surface area contributed by atoms with Crippen molar-refractivity contribution in [2.75, 3.05) is 20.3 Å². The number of hydrogen-bond donors (Lipinski definition) is 3. The molecule has 258 valence electrons. The van der Waals surface area contributed by atoms with Crippen molar-refractivity contribution in [2.45, 2.75) is 36.6 Å². The topological polar surface area (TPSA) is 62.8 Å². The number of nitrogens with one attached hydrogen (secondary N) is 2. The van der Waals surface area contributed by atoms with E-state index in [2.05, 4.69) is 150 Å². The Balaban J connectivity index is 1.25. The molecule has 51 heavy (non-hydrogen) atoms. The van der Waals surface area contributed by atoms with Gasteiger partial charge in [0, 0.05) is 53.4 Å². The van der Waals surface area contributed by atoms with Crippen molar-refractivity contribution < 1.29 is 14.6 Å². The molecule has 0 aromatic heterocycles. The first-order valence-corrected chi connectivity index (χ1v) is 17.9. The second-order valence-electron chi connectivity index (χ2n) is 13.3. The molecule has 3 N–H and O–H groups in total. The summed E-state index contributed by atoms with van der Waals surface area (Å²) in [6.07, 6.45) is 0.714. The molecule has 6 aromatic rings. The van der Waals surface area contributed by atoms with Crippen LogP contribution in [0.1, 0.15) is 45.7 Å². The van der Waals surface area contributed by atoms with Gasteiger partial charge in [-0.3, -0.25) is 0 Å². The highest BCUT2D eigenvalue weighted by molar-refractivity contribution is 5.50. The lowest BCUT2D eigenvalue weighted by atomic mass is 9.80. The zero-order chi connectivity index (χ0) is 34.9. The lowest BCUT2D eigenvalue weighted by Gasteiger charge is -2.36. The summed E-state index contributed by atoms with van der Waals surface area (Å²) >= 11 is 0. The van der Waals surface area contributed by atoms with Gasteiger partial charge in [0.25, 0.3) is 0 Å². The highest BCUT2D eigenvalue weighted by Gasteiger charge is 2.41. The number of aliphatic hydroxyl groups is 1. The van der Waals surface area contributed by atoms with Gasteiger partial charge in [0.05, 0.1) is 7.11 Å². The highest BCUT2D eigenvalue weighted by Crippen LogP contribution is 2.42. The number of ether oxygens (including phenoxy) is 2. The van der Waals surface area contributed by atoms with E-state index in [1.54, 1.807) is 7.11 Å². The molecule has 0 spiro atoms. The van der Waals surface area contributed by atoms with Crippen molar-refractivity contribution in [2.24, 2.45) is 5.92 Å². The van der Waals surface area contributed by atoms with Gasteiger partial charge in [0.2, 0.25) is 0 Å². The number of benzene rings is 6. The monoisotopic (exact) mass is 674 g/mol. The van der Waals surface area contributed by atoms with Crippen LogP contribution in [0.3, 0.4) is 0 Å². The van der Waals surface area contributed by atoms with E-state index in [-0.39, 0.29) is 30.5 Å². The molecule has 1 aliphatic rings. The molecule has 0 aliphatic carbocycles. The molecule has 0 amide bonds. The molecule has 1 saturated heterocycles. The number of hydrogen-bond acceptors (Lipinski definition) is 5. The number of methoxy groups -OCH3 is 1. The SMILES string of the molecule is COc1ccc(OC(c2ccccc2)(c2ccccc2)c2ccccc2)cc1CNC1C(CCO)CNC1C(c1ccccc1)c1ccccc1. The van der Waals surface area contributed by atoms with E-state index >= 15 is 0 Å². The van der Waals surface area contributed by atoms with Crippen molar-refractivity contribution in [1.29, 1.82) is 0 Å². The number of aliphatic hydroxyl groups excluding tert-OH is 1. The summed E-state index contributed by atoms with van der Waals surface area (Å²) in [5, 5.41) is 17.9. The summed E-state index contributed by atoms with van der Waals surface area (Å²) in [6, 6.07) is 59.1. The van der Waals surface area contributed by atoms with Gasteiger partial charge in [-0.2, -0.15) is 0 Å². The van der Waals surface area contributed by atoms with Crippen molar-refractivity contribution >= 4 is 0 Å². The van der Waals surface area contributed by atoms with Crippen LogP contribution in [0.2, 0.25) is 0 Å². The molecule has 1 aliphatic heterocycles. The van der Waals surface area contributed by atoms with E-state index in [0.29, 0.717) is 13.0 Å². The first kappa shape index (κ1) is 34.3. The van der Waals surface area contributed by atoms with Crippen LogP contribution in [0.5, 0.6) is 11.5 Å². The first-order valence-electron chi connectivity index (χ1n) is 17.9. The molecule has 5 heteroatoms. The minimum atomic E-state index is -0.894. The molecule has 6 aromatic carbocycles. The first-order chi connectivity index (χ1) is 25.2. The van der Waals surface area contributed by atoms with Crippen molar-refractivity contribution in [3.63, 3.8) is 0 Å². The molecule has 1 fully saturated rings. The summed E-state index contributed by atoms with van der Waals surface area (Å²) in [4.78, 5) is 0. The standard InChI is InChI=1S/C46H46N2O3/c1-50-42-28-27-41(51-46(38-21-11-4-12-22-38,39-23-13-5-14-24-39)40-25-15-6-16-26-40)31-37(42)33-47-44-36(29-30-49)32-48-45(44)43(34-17-7-2-8-18-34)35-19-9-3-10-20-35/h2-28,31,36,43-45,47-49H,29-30,32-33H2,1H3. The predicted octanol–water partition coefficient (Wildman–Crippen LogP) is 8.33. The van der Waals surface area contributed by atoms with Crippen LogP contribution in [0.15, 0.2) is 170 Å². The van der Waals surface area contributed by atoms with Crippen LogP contribution < -0.4 is 20.1 Å². The van der Waals surface area contributed by atoms with Crippen molar-refractivity contribution in [3.05, 3.63) is 203 Å². The Labute approximate surface area is 301 Å². The van der Waals surface area contributed by atoms with E-state index in [4.69, 9.17) is 9.47 Å². The lowest BCUT2D eigenvalue weighted by Crippen LogP contribution is -2.46. The van der Waals surface area contributed by atoms with Crippen LogP contribution in [-0.4, -0.2) is 37.5 Å². The van der Waals surface area contributed by atoms with Gasteiger partial charge in [0.15, 0.2) is 5.60 Å². The van der Waals surface area contributed by atoms with Crippen molar-refractivity contribution in [1.82, 2.24) is 10.6 Å². The summed E-state index contributed by atoms with van der Waals surface area (Å²) in [6.45, 7) is 1.54. The fourth-order valence-corrected chi connectivity index (χ4v) is 7.89. The average molecular weight is 675 g/mol. The molecule has 0 saturated carbocycles. The van der Waals surface area contributed by atoms with Gasteiger partial charge in [-0.1, -0.05) is 152 Å². The molecule has 1 heterocycles. The maximum absolute atomic E-state index is 10.1. The zero-order valence-corrected chi connectivity index (χ0v) is 29.1. The maximum atomic E-state index is 10.1. The highest BCUT2D eigenvalue weighted by atomic mass is 16.5. The Morgan fingerprint density at radius 3 is 1.65 bits per heavy atom. The smallest absolute Gasteiger partial charge is 0.184 e. The molecular weight excluding hydrogens is 629 g/mol. The fraction of sp³-hybridized carbons (Fsp3) is 0.217. The molecule has 5 nitrogen and oxygen atoms in total. The summed E-state index contributed by atoms with van der Waals surface area (Å²) in [5.74, 6) is 1.92. The third kappa shape index (κ3) is 7.33. The van der Waals surface area contributed by atoms with Crippen LogP contribution in [0, 0.1) is 5.92 Å². The van der Waals surface area contributed by atoms with Gasteiger partial charge >= 0.3 is 0 Å². The third-order valence-corrected chi connectivity index (χ3v) is 10.3. The third-order valence-electron chi connectivity index (χ3n) is 10.3. The number of rotatable bonds is 14. The average Bonchev–Trinajstić information content (AvgIpc) is 3.59. The van der Waals surface area contributed by atoms with Gasteiger partial charge in [0.1, 0.15) is 11.5 Å². The van der Waals surface area contributed by atoms with Gasteiger partial charge in [-0.25, -0.2) is 0 Å². The summed E-state index contributed by atoms with van der Waals surface area (Å²) < 4.78 is 13.2. The molecular formula is C46H46N2O3. The molecule has 0 bridgehead atoms. The van der Waals surface area contributed by atoms with Crippen LogP contribution in [0.4, 0.5) is 0 Å². The van der Waals surface area contributed by atoms with E-state index in [9.17, 15) is 5.11 Å². The summed E-state index contributed by atoms with van der Waals surface area (Å²) in [7, 11) is 1.72. The Morgan fingerprint density at radius 2 is 1.18 bits per heavy atom. The predicted molar refractivity (Wildman–Crippen MR) is 205 cm³/mol. The van der Waals surface area contributed by atoms with E-state index in [1.807, 2.05) is 30.3 Å². The Hall–Kier alpha value is -5.20. The minimum Gasteiger partial charge on any atom is -0.496 e. The Bertz CT molecular complexity index is 1800. The molecule has 7 rings (SSSR count). The van der Waals surface area contributed by atoms with Gasteiger partial charge < -0.3 is 25.2 Å².